The van der Waals surface area contributed by atoms with Crippen LogP contribution in [0, 0.1) is 0 Å². The second-order valence-corrected chi connectivity index (χ2v) is 5.63. The molecule has 1 unspecified atom stereocenters. The summed E-state index contributed by atoms with van der Waals surface area (Å²) in [6, 6.07) is 0. The molecule has 2 aromatic heterocycles. The summed E-state index contributed by atoms with van der Waals surface area (Å²) in [5, 5.41) is 11.6. The van der Waals surface area contributed by atoms with Crippen LogP contribution in [0.1, 0.15) is 25.5 Å². The molecule has 0 bridgehead atoms. The van der Waals surface area contributed by atoms with E-state index in [0.717, 1.165) is 49.0 Å². The van der Waals surface area contributed by atoms with Crippen LogP contribution in [0.5, 0.6) is 0 Å². The van der Waals surface area contributed by atoms with Gasteiger partial charge in [-0.25, -0.2) is 4.98 Å². The van der Waals surface area contributed by atoms with Crippen molar-refractivity contribution in [3.63, 3.8) is 0 Å². The third-order valence-electron chi connectivity index (χ3n) is 3.57. The molecule has 5 nitrogen and oxygen atoms in total. The molecule has 104 valence electrons. The van der Waals surface area contributed by atoms with Gasteiger partial charge in [-0.2, -0.15) is 0 Å². The van der Waals surface area contributed by atoms with Crippen LogP contribution in [0.25, 0.3) is 4.96 Å². The van der Waals surface area contributed by atoms with Gasteiger partial charge in [0.15, 0.2) is 10.8 Å². The summed E-state index contributed by atoms with van der Waals surface area (Å²) >= 11 is 1.60. The second-order valence-electron chi connectivity index (χ2n) is 4.76. The number of aliphatic hydroxyl groups is 1. The number of hydrogen-bond donors (Lipinski definition) is 1. The van der Waals surface area contributed by atoms with Crippen molar-refractivity contribution in [2.45, 2.75) is 32.5 Å². The van der Waals surface area contributed by atoms with Gasteiger partial charge in [0.1, 0.15) is 0 Å². The molecule has 6 heteroatoms. The highest BCUT2D eigenvalue weighted by atomic mass is 32.1. The van der Waals surface area contributed by atoms with E-state index in [9.17, 15) is 5.11 Å². The first kappa shape index (κ1) is 12.9. The summed E-state index contributed by atoms with van der Waals surface area (Å²) in [5.74, 6) is 0.916. The maximum atomic E-state index is 9.61. The quantitative estimate of drug-likeness (QED) is 0.930. The van der Waals surface area contributed by atoms with Crippen LogP contribution in [0.2, 0.25) is 0 Å². The molecule has 1 N–H and O–H groups in total. The average molecular weight is 281 g/mol. The molecule has 1 saturated heterocycles. The van der Waals surface area contributed by atoms with Crippen molar-refractivity contribution < 1.29 is 9.84 Å². The largest absolute Gasteiger partial charge is 0.390 e. The predicted octanol–water partition coefficient (Wildman–Crippen LogP) is 1.89. The minimum absolute atomic E-state index is 0.0169. The van der Waals surface area contributed by atoms with Crippen LogP contribution in [-0.2, 0) is 11.3 Å². The van der Waals surface area contributed by atoms with E-state index >= 15 is 0 Å². The third kappa shape index (κ3) is 2.35. The number of thiazole rings is 1. The van der Waals surface area contributed by atoms with Crippen molar-refractivity contribution in [1.29, 1.82) is 0 Å². The number of ether oxygens (including phenoxy) is 1. The first-order valence-electron chi connectivity index (χ1n) is 6.75. The minimum Gasteiger partial charge on any atom is -0.390 e. The van der Waals surface area contributed by atoms with Gasteiger partial charge in [-0.3, -0.25) is 4.40 Å². The number of nitrogens with zero attached hydrogens (tertiary/aromatic N) is 3. The minimum atomic E-state index is 0.0169. The van der Waals surface area contributed by atoms with E-state index in [4.69, 9.17) is 4.74 Å². The van der Waals surface area contributed by atoms with Crippen molar-refractivity contribution in [3.8, 4) is 0 Å². The van der Waals surface area contributed by atoms with Crippen molar-refractivity contribution >= 4 is 22.1 Å². The second kappa shape index (κ2) is 5.48. The van der Waals surface area contributed by atoms with Crippen LogP contribution in [-0.4, -0.2) is 40.3 Å². The van der Waals surface area contributed by atoms with Crippen LogP contribution in [0.3, 0.4) is 0 Å². The first-order valence-corrected chi connectivity index (χ1v) is 7.63. The molecule has 1 aliphatic heterocycles. The molecule has 0 aliphatic carbocycles. The van der Waals surface area contributed by atoms with Crippen LogP contribution >= 0.6 is 11.3 Å². The van der Waals surface area contributed by atoms with Gasteiger partial charge in [0.2, 0.25) is 0 Å². The topological polar surface area (TPSA) is 50.0 Å². The number of piperidine rings is 1. The summed E-state index contributed by atoms with van der Waals surface area (Å²) in [6.45, 7) is 4.66. The molecular formula is C13H19N3O2S. The summed E-state index contributed by atoms with van der Waals surface area (Å²) < 4.78 is 7.70. The monoisotopic (exact) mass is 281 g/mol. The molecule has 0 amide bonds. The highest BCUT2D eigenvalue weighted by Gasteiger charge is 2.25. The number of fused-ring (bicyclic) bond motifs is 1. The Morgan fingerprint density at radius 3 is 3.26 bits per heavy atom. The zero-order chi connectivity index (χ0) is 13.2. The molecule has 1 atom stereocenters. The zero-order valence-electron chi connectivity index (χ0n) is 11.1. The summed E-state index contributed by atoms with van der Waals surface area (Å²) in [5.41, 5.74) is 0.883. The van der Waals surface area contributed by atoms with E-state index in [2.05, 4.69) is 9.88 Å². The van der Waals surface area contributed by atoms with E-state index in [-0.39, 0.29) is 12.7 Å². The first-order chi connectivity index (χ1) is 9.33. The highest BCUT2D eigenvalue weighted by molar-refractivity contribution is 7.15. The standard InChI is InChI=1S/C13H19N3O2S/c1-2-18-10-4-3-5-15(8-10)12-11(9-17)16-6-7-19-13(16)14-12/h6-7,10,17H,2-5,8-9H2,1H3. The summed E-state index contributed by atoms with van der Waals surface area (Å²) in [7, 11) is 0. The van der Waals surface area contributed by atoms with Crippen molar-refractivity contribution in [1.82, 2.24) is 9.38 Å². The third-order valence-corrected chi connectivity index (χ3v) is 4.33. The maximum Gasteiger partial charge on any atom is 0.195 e. The van der Waals surface area contributed by atoms with Gasteiger partial charge < -0.3 is 14.7 Å². The maximum absolute atomic E-state index is 9.61. The molecule has 1 fully saturated rings. The lowest BCUT2D eigenvalue weighted by atomic mass is 10.1. The van der Waals surface area contributed by atoms with Gasteiger partial charge in [-0.1, -0.05) is 0 Å². The van der Waals surface area contributed by atoms with Gasteiger partial charge in [0.25, 0.3) is 0 Å². The molecule has 0 spiro atoms. The number of rotatable bonds is 4. The van der Waals surface area contributed by atoms with Crippen molar-refractivity contribution in [2.75, 3.05) is 24.6 Å². The summed E-state index contributed by atoms with van der Waals surface area (Å²) in [4.78, 5) is 7.84. The van der Waals surface area contributed by atoms with E-state index in [1.54, 1.807) is 11.3 Å². The molecule has 3 heterocycles. The van der Waals surface area contributed by atoms with Gasteiger partial charge in [-0.15, -0.1) is 11.3 Å². The van der Waals surface area contributed by atoms with E-state index in [0.29, 0.717) is 0 Å². The predicted molar refractivity (Wildman–Crippen MR) is 75.9 cm³/mol. The smallest absolute Gasteiger partial charge is 0.195 e. The Hall–Kier alpha value is -1.11. The molecule has 2 aromatic rings. The Morgan fingerprint density at radius 1 is 1.58 bits per heavy atom. The lowest BCUT2D eigenvalue weighted by Gasteiger charge is -2.33. The van der Waals surface area contributed by atoms with Gasteiger partial charge in [0, 0.05) is 31.3 Å². The fraction of sp³-hybridized carbons (Fsp3) is 0.615. The normalized spacial score (nSPS) is 20.3. The van der Waals surface area contributed by atoms with E-state index < -0.39 is 0 Å². The molecule has 0 saturated carbocycles. The van der Waals surface area contributed by atoms with Crippen LogP contribution in [0.15, 0.2) is 11.6 Å². The average Bonchev–Trinajstić information content (AvgIpc) is 2.99. The molecule has 1 aliphatic rings. The Bertz CT molecular complexity index is 549. The number of imidazole rings is 1. The van der Waals surface area contributed by atoms with E-state index in [1.807, 2.05) is 22.9 Å². The lowest BCUT2D eigenvalue weighted by Crippen LogP contribution is -2.40. The number of aromatic nitrogens is 2. The number of hydrogen-bond acceptors (Lipinski definition) is 5. The highest BCUT2D eigenvalue weighted by Crippen LogP contribution is 2.27. The number of anilines is 1. The van der Waals surface area contributed by atoms with Crippen molar-refractivity contribution in [3.05, 3.63) is 17.3 Å². The Morgan fingerprint density at radius 2 is 2.47 bits per heavy atom. The molecule has 0 aromatic carbocycles. The van der Waals surface area contributed by atoms with Crippen LogP contribution < -0.4 is 4.90 Å². The Labute approximate surface area is 116 Å². The fourth-order valence-corrected chi connectivity index (χ4v) is 3.45. The summed E-state index contributed by atoms with van der Waals surface area (Å²) in [6.07, 6.45) is 4.47. The molecular weight excluding hydrogens is 262 g/mol. The molecule has 3 rings (SSSR count). The Kier molecular flexibility index (Phi) is 3.72. The van der Waals surface area contributed by atoms with E-state index in [1.165, 1.54) is 0 Å². The lowest BCUT2D eigenvalue weighted by molar-refractivity contribution is 0.0524. The number of aliphatic hydroxyl groups excluding tert-OH is 1. The van der Waals surface area contributed by atoms with Crippen LogP contribution in [0.4, 0.5) is 5.82 Å². The van der Waals surface area contributed by atoms with Gasteiger partial charge >= 0.3 is 0 Å². The zero-order valence-corrected chi connectivity index (χ0v) is 11.9. The fourth-order valence-electron chi connectivity index (χ4n) is 2.72. The molecule has 0 radical (unpaired) electrons. The SMILES string of the molecule is CCOC1CCCN(c2nc3sccn3c2CO)C1. The van der Waals surface area contributed by atoms with Gasteiger partial charge in [0.05, 0.1) is 18.4 Å². The van der Waals surface area contributed by atoms with Crippen molar-refractivity contribution in [2.24, 2.45) is 0 Å². The molecule has 19 heavy (non-hydrogen) atoms. The Balaban J connectivity index is 1.88. The van der Waals surface area contributed by atoms with Gasteiger partial charge in [-0.05, 0) is 19.8 Å².